The number of carbonyl (C=O) groups excluding carboxylic acids is 1. The summed E-state index contributed by atoms with van der Waals surface area (Å²) in [5, 5.41) is 8.84. The van der Waals surface area contributed by atoms with Crippen LogP contribution in [-0.4, -0.2) is 42.0 Å². The van der Waals surface area contributed by atoms with Crippen LogP contribution >= 0.6 is 0 Å². The number of carbonyl (C=O) groups is 2. The van der Waals surface area contributed by atoms with E-state index in [1.54, 1.807) is 19.2 Å². The van der Waals surface area contributed by atoms with Gasteiger partial charge in [0.2, 0.25) is 0 Å². The highest BCUT2D eigenvalue weighted by molar-refractivity contribution is 5.94. The van der Waals surface area contributed by atoms with Gasteiger partial charge in [-0.1, -0.05) is 0 Å². The fraction of sp³-hybridized carbons (Fsp3) is 0.429. The Hall–Kier alpha value is -1.88. The van der Waals surface area contributed by atoms with Crippen LogP contribution in [0.3, 0.4) is 0 Å². The summed E-state index contributed by atoms with van der Waals surface area (Å²) in [5.74, 6) is -0.289. The zero-order chi connectivity index (χ0) is 14.0. The van der Waals surface area contributed by atoms with Crippen LogP contribution < -0.4 is 4.74 Å². The molecule has 0 bridgehead atoms. The largest absolute Gasteiger partial charge is 0.496 e. The molecule has 1 aromatic carbocycles. The van der Waals surface area contributed by atoms with E-state index in [1.165, 1.54) is 6.92 Å². The fourth-order valence-corrected chi connectivity index (χ4v) is 2.22. The maximum atomic E-state index is 11.4. The molecule has 0 aliphatic carbocycles. The van der Waals surface area contributed by atoms with Crippen molar-refractivity contribution in [3.63, 3.8) is 0 Å². The summed E-state index contributed by atoms with van der Waals surface area (Å²) < 4.78 is 5.27. The molecule has 1 aliphatic heterocycles. The monoisotopic (exact) mass is 263 g/mol. The zero-order valence-corrected chi connectivity index (χ0v) is 11.0. The van der Waals surface area contributed by atoms with Crippen LogP contribution in [0.25, 0.3) is 0 Å². The summed E-state index contributed by atoms with van der Waals surface area (Å²) in [7, 11) is 1.59. The topological polar surface area (TPSA) is 66.8 Å². The molecule has 1 aromatic rings. The number of ketones is 1. The number of aliphatic carboxylic acids is 1. The van der Waals surface area contributed by atoms with Gasteiger partial charge in [0.25, 0.3) is 0 Å². The highest BCUT2D eigenvalue weighted by Crippen LogP contribution is 2.25. The Morgan fingerprint density at radius 3 is 2.63 bits per heavy atom. The van der Waals surface area contributed by atoms with Crippen molar-refractivity contribution in [3.8, 4) is 5.75 Å². The Bertz CT molecular complexity index is 506. The van der Waals surface area contributed by atoms with Crippen molar-refractivity contribution in [1.29, 1.82) is 0 Å². The Kier molecular flexibility index (Phi) is 3.85. The first-order chi connectivity index (χ1) is 9.01. The molecule has 1 aliphatic rings. The van der Waals surface area contributed by atoms with Crippen LogP contribution in [0.5, 0.6) is 5.75 Å². The number of hydrogen-bond acceptors (Lipinski definition) is 4. The second-order valence-electron chi connectivity index (χ2n) is 4.81. The lowest BCUT2D eigenvalue weighted by atomic mass is 9.98. The molecule has 5 nitrogen and oxygen atoms in total. The Morgan fingerprint density at radius 1 is 1.42 bits per heavy atom. The van der Waals surface area contributed by atoms with E-state index in [2.05, 4.69) is 0 Å². The summed E-state index contributed by atoms with van der Waals surface area (Å²) >= 11 is 0. The van der Waals surface area contributed by atoms with Crippen LogP contribution in [0.15, 0.2) is 18.2 Å². The van der Waals surface area contributed by atoms with Gasteiger partial charge in [-0.05, 0) is 25.1 Å². The first-order valence-corrected chi connectivity index (χ1v) is 6.14. The summed E-state index contributed by atoms with van der Waals surface area (Å²) in [6, 6.07) is 5.33. The number of ether oxygens (including phenoxy) is 1. The number of carboxylic acid groups (broad SMARTS) is 1. The minimum absolute atomic E-state index is 0.0101. The maximum Gasteiger partial charge on any atom is 0.309 e. The third-order valence-electron chi connectivity index (χ3n) is 3.39. The van der Waals surface area contributed by atoms with E-state index in [1.807, 2.05) is 11.0 Å². The van der Waals surface area contributed by atoms with Crippen molar-refractivity contribution in [1.82, 2.24) is 4.90 Å². The van der Waals surface area contributed by atoms with Gasteiger partial charge in [0.1, 0.15) is 5.75 Å². The Labute approximate surface area is 111 Å². The Morgan fingerprint density at radius 2 is 2.11 bits per heavy atom. The molecular weight excluding hydrogens is 246 g/mol. The van der Waals surface area contributed by atoms with Crippen LogP contribution in [0, 0.1) is 5.92 Å². The molecule has 0 atom stereocenters. The van der Waals surface area contributed by atoms with Gasteiger partial charge >= 0.3 is 5.97 Å². The van der Waals surface area contributed by atoms with Gasteiger partial charge in [0, 0.05) is 30.8 Å². The van der Waals surface area contributed by atoms with Crippen LogP contribution in [0.2, 0.25) is 0 Å². The normalized spacial score (nSPS) is 15.9. The molecule has 0 unspecified atom stereocenters. The third-order valence-corrected chi connectivity index (χ3v) is 3.39. The van der Waals surface area contributed by atoms with E-state index < -0.39 is 5.97 Å². The summed E-state index contributed by atoms with van der Waals surface area (Å²) in [6.07, 6.45) is 0. The molecule has 0 saturated carbocycles. The van der Waals surface area contributed by atoms with E-state index >= 15 is 0 Å². The molecule has 5 heteroatoms. The van der Waals surface area contributed by atoms with E-state index in [-0.39, 0.29) is 11.7 Å². The van der Waals surface area contributed by atoms with Crippen molar-refractivity contribution in [3.05, 3.63) is 29.3 Å². The van der Waals surface area contributed by atoms with E-state index in [0.29, 0.717) is 25.2 Å². The average molecular weight is 263 g/mol. The van der Waals surface area contributed by atoms with Gasteiger partial charge in [0.05, 0.1) is 13.0 Å². The number of methoxy groups -OCH3 is 1. The molecule has 0 radical (unpaired) electrons. The lowest BCUT2D eigenvalue weighted by molar-refractivity contribution is -0.147. The first-order valence-electron chi connectivity index (χ1n) is 6.14. The van der Waals surface area contributed by atoms with E-state index in [0.717, 1.165) is 11.3 Å². The number of carboxylic acids is 1. The fourth-order valence-electron chi connectivity index (χ4n) is 2.22. The van der Waals surface area contributed by atoms with Crippen LogP contribution in [-0.2, 0) is 11.3 Å². The van der Waals surface area contributed by atoms with Crippen molar-refractivity contribution in [2.24, 2.45) is 5.92 Å². The molecule has 0 spiro atoms. The molecule has 2 rings (SSSR count). The SMILES string of the molecule is COc1ccc(C(C)=O)cc1CN1CC(C(=O)O)C1. The molecule has 1 saturated heterocycles. The quantitative estimate of drug-likeness (QED) is 0.814. The predicted molar refractivity (Wildman–Crippen MR) is 69.4 cm³/mol. The van der Waals surface area contributed by atoms with Crippen molar-refractivity contribution >= 4 is 11.8 Å². The second kappa shape index (κ2) is 5.40. The highest BCUT2D eigenvalue weighted by Gasteiger charge is 2.32. The average Bonchev–Trinajstić information content (AvgIpc) is 2.32. The summed E-state index contributed by atoms with van der Waals surface area (Å²) in [5.41, 5.74) is 1.56. The minimum atomic E-state index is -0.749. The first kappa shape index (κ1) is 13.5. The Balaban J connectivity index is 2.09. The summed E-state index contributed by atoms with van der Waals surface area (Å²) in [6.45, 7) is 3.22. The zero-order valence-electron chi connectivity index (χ0n) is 11.0. The van der Waals surface area contributed by atoms with Gasteiger partial charge in [-0.3, -0.25) is 14.5 Å². The van der Waals surface area contributed by atoms with Gasteiger partial charge < -0.3 is 9.84 Å². The van der Waals surface area contributed by atoms with Crippen LogP contribution in [0.1, 0.15) is 22.8 Å². The molecule has 102 valence electrons. The van der Waals surface area contributed by atoms with Gasteiger partial charge in [-0.2, -0.15) is 0 Å². The summed E-state index contributed by atoms with van der Waals surface area (Å²) in [4.78, 5) is 24.2. The lowest BCUT2D eigenvalue weighted by Crippen LogP contribution is -2.49. The number of nitrogens with zero attached hydrogens (tertiary/aromatic N) is 1. The van der Waals surface area contributed by atoms with E-state index in [9.17, 15) is 9.59 Å². The van der Waals surface area contributed by atoms with Gasteiger partial charge in [-0.15, -0.1) is 0 Å². The van der Waals surface area contributed by atoms with Crippen LogP contribution in [0.4, 0.5) is 0 Å². The molecule has 0 aromatic heterocycles. The maximum absolute atomic E-state index is 11.4. The van der Waals surface area contributed by atoms with Crippen molar-refractivity contribution in [2.45, 2.75) is 13.5 Å². The molecule has 19 heavy (non-hydrogen) atoms. The number of Topliss-reactive ketones (excluding diaryl/α,β-unsaturated/α-hetero) is 1. The number of hydrogen-bond donors (Lipinski definition) is 1. The highest BCUT2D eigenvalue weighted by atomic mass is 16.5. The smallest absolute Gasteiger partial charge is 0.309 e. The number of benzene rings is 1. The standard InChI is InChI=1S/C14H17NO4/c1-9(16)10-3-4-13(19-2)11(5-10)6-15-7-12(8-15)14(17)18/h3-5,12H,6-8H2,1-2H3,(H,17,18). The van der Waals surface area contributed by atoms with Gasteiger partial charge in [-0.25, -0.2) is 0 Å². The van der Waals surface area contributed by atoms with Crippen molar-refractivity contribution in [2.75, 3.05) is 20.2 Å². The van der Waals surface area contributed by atoms with Gasteiger partial charge in [0.15, 0.2) is 5.78 Å². The molecule has 0 amide bonds. The number of rotatable bonds is 5. The predicted octanol–water partition coefficient (Wildman–Crippen LogP) is 1.41. The molecule has 1 heterocycles. The number of likely N-dealkylation sites (tertiary alicyclic amines) is 1. The minimum Gasteiger partial charge on any atom is -0.496 e. The lowest BCUT2D eigenvalue weighted by Gasteiger charge is -2.36. The van der Waals surface area contributed by atoms with Crippen molar-refractivity contribution < 1.29 is 19.4 Å². The molecular formula is C14H17NO4. The second-order valence-corrected chi connectivity index (χ2v) is 4.81. The van der Waals surface area contributed by atoms with E-state index in [4.69, 9.17) is 9.84 Å². The third kappa shape index (κ3) is 2.93. The molecule has 1 fully saturated rings. The molecule has 1 N–H and O–H groups in total.